The summed E-state index contributed by atoms with van der Waals surface area (Å²) in [5, 5.41) is 0.492. The Balaban J connectivity index is 2.28. The topological polar surface area (TPSA) is 59.1 Å². The fraction of sp³-hybridized carbons (Fsp3) is 0.214. The highest BCUT2D eigenvalue weighted by atomic mass is 35.5. The van der Waals surface area contributed by atoms with Crippen molar-refractivity contribution >= 4 is 39.0 Å². The summed E-state index contributed by atoms with van der Waals surface area (Å²) in [5.74, 6) is 0.284. The van der Waals surface area contributed by atoms with E-state index >= 15 is 0 Å². The monoisotopic (exact) mass is 344 g/mol. The summed E-state index contributed by atoms with van der Waals surface area (Å²) in [6.07, 6.45) is 1.73. The lowest BCUT2D eigenvalue weighted by molar-refractivity contribution is 0.601. The SMILES string of the molecule is CCCc1cccc(NS(=O)(=O)c2ccc(Cl)c(Cl)c2)n1. The third-order valence-corrected chi connectivity index (χ3v) is 4.84. The maximum absolute atomic E-state index is 12.3. The predicted octanol–water partition coefficient (Wildman–Crippen LogP) is 4.14. The minimum absolute atomic E-state index is 0.0413. The molecule has 0 spiro atoms. The Morgan fingerprint density at radius 1 is 1.14 bits per heavy atom. The van der Waals surface area contributed by atoms with E-state index in [1.807, 2.05) is 13.0 Å². The first kappa shape index (κ1) is 16.1. The summed E-state index contributed by atoms with van der Waals surface area (Å²) < 4.78 is 27.0. The molecule has 1 aromatic carbocycles. The molecule has 0 aliphatic heterocycles. The number of anilines is 1. The van der Waals surface area contributed by atoms with Gasteiger partial charge in [-0.2, -0.15) is 0 Å². The number of aromatic nitrogens is 1. The summed E-state index contributed by atoms with van der Waals surface area (Å²) >= 11 is 11.6. The number of halogens is 2. The molecule has 0 bridgehead atoms. The third kappa shape index (κ3) is 4.09. The van der Waals surface area contributed by atoms with Crippen LogP contribution in [0.15, 0.2) is 41.3 Å². The van der Waals surface area contributed by atoms with Crippen LogP contribution in [0.25, 0.3) is 0 Å². The van der Waals surface area contributed by atoms with E-state index in [-0.39, 0.29) is 15.7 Å². The van der Waals surface area contributed by atoms with Gasteiger partial charge in [-0.05, 0) is 36.8 Å². The molecule has 2 rings (SSSR count). The van der Waals surface area contributed by atoms with E-state index in [0.29, 0.717) is 5.02 Å². The molecule has 0 saturated carbocycles. The first-order valence-electron chi connectivity index (χ1n) is 6.36. The van der Waals surface area contributed by atoms with E-state index in [4.69, 9.17) is 23.2 Å². The van der Waals surface area contributed by atoms with Gasteiger partial charge in [-0.3, -0.25) is 4.72 Å². The highest BCUT2D eigenvalue weighted by Gasteiger charge is 2.16. The molecule has 1 heterocycles. The Morgan fingerprint density at radius 3 is 2.57 bits per heavy atom. The fourth-order valence-electron chi connectivity index (χ4n) is 1.77. The van der Waals surface area contributed by atoms with Crippen LogP contribution in [0.2, 0.25) is 10.0 Å². The van der Waals surface area contributed by atoms with Crippen molar-refractivity contribution in [3.8, 4) is 0 Å². The largest absolute Gasteiger partial charge is 0.263 e. The zero-order chi connectivity index (χ0) is 15.5. The second-order valence-electron chi connectivity index (χ2n) is 4.45. The normalized spacial score (nSPS) is 11.4. The van der Waals surface area contributed by atoms with Crippen molar-refractivity contribution in [2.24, 2.45) is 0 Å². The molecule has 0 atom stereocenters. The van der Waals surface area contributed by atoms with E-state index in [9.17, 15) is 8.42 Å². The quantitative estimate of drug-likeness (QED) is 0.886. The standard InChI is InChI=1S/C14H14Cl2N2O2S/c1-2-4-10-5-3-6-14(17-10)18-21(19,20)11-7-8-12(15)13(16)9-11/h3,5-9H,2,4H2,1H3,(H,17,18). The number of hydrogen-bond donors (Lipinski definition) is 1. The van der Waals surface area contributed by atoms with Crippen LogP contribution in [0.1, 0.15) is 19.0 Å². The van der Waals surface area contributed by atoms with Crippen LogP contribution in [0.4, 0.5) is 5.82 Å². The van der Waals surface area contributed by atoms with Gasteiger partial charge in [-0.25, -0.2) is 13.4 Å². The molecule has 112 valence electrons. The minimum Gasteiger partial charge on any atom is -0.263 e. The number of nitrogens with one attached hydrogen (secondary N) is 1. The van der Waals surface area contributed by atoms with Crippen LogP contribution in [-0.4, -0.2) is 13.4 Å². The van der Waals surface area contributed by atoms with Gasteiger partial charge in [0, 0.05) is 5.69 Å². The lowest BCUT2D eigenvalue weighted by atomic mass is 10.2. The molecule has 7 heteroatoms. The Labute approximate surface area is 134 Å². The maximum Gasteiger partial charge on any atom is 0.263 e. The van der Waals surface area contributed by atoms with Crippen LogP contribution in [-0.2, 0) is 16.4 Å². The highest BCUT2D eigenvalue weighted by Crippen LogP contribution is 2.25. The Morgan fingerprint density at radius 2 is 1.90 bits per heavy atom. The van der Waals surface area contributed by atoms with Crippen molar-refractivity contribution in [1.29, 1.82) is 0 Å². The zero-order valence-electron chi connectivity index (χ0n) is 11.3. The van der Waals surface area contributed by atoms with Crippen molar-refractivity contribution in [1.82, 2.24) is 4.98 Å². The van der Waals surface area contributed by atoms with Gasteiger partial charge < -0.3 is 0 Å². The van der Waals surface area contributed by atoms with Crippen molar-refractivity contribution in [2.45, 2.75) is 24.7 Å². The van der Waals surface area contributed by atoms with E-state index < -0.39 is 10.0 Å². The van der Waals surface area contributed by atoms with Gasteiger partial charge in [0.25, 0.3) is 10.0 Å². The van der Waals surface area contributed by atoms with Gasteiger partial charge in [-0.15, -0.1) is 0 Å². The van der Waals surface area contributed by atoms with E-state index in [0.717, 1.165) is 18.5 Å². The lowest BCUT2D eigenvalue weighted by Gasteiger charge is -2.09. The molecule has 1 N–H and O–H groups in total. The number of sulfonamides is 1. The van der Waals surface area contributed by atoms with Crippen LogP contribution < -0.4 is 4.72 Å². The van der Waals surface area contributed by atoms with Crippen molar-refractivity contribution in [3.63, 3.8) is 0 Å². The average Bonchev–Trinajstić information content (AvgIpc) is 2.42. The molecule has 21 heavy (non-hydrogen) atoms. The summed E-state index contributed by atoms with van der Waals surface area (Å²) in [5.41, 5.74) is 0.840. The minimum atomic E-state index is -3.74. The van der Waals surface area contributed by atoms with Crippen molar-refractivity contribution in [2.75, 3.05) is 4.72 Å². The van der Waals surface area contributed by atoms with Gasteiger partial charge >= 0.3 is 0 Å². The molecule has 0 radical (unpaired) electrons. The first-order chi connectivity index (χ1) is 9.92. The van der Waals surface area contributed by atoms with Gasteiger partial charge in [0.1, 0.15) is 5.82 Å². The van der Waals surface area contributed by atoms with Crippen LogP contribution in [0.5, 0.6) is 0 Å². The number of hydrogen-bond acceptors (Lipinski definition) is 3. The fourth-order valence-corrected chi connectivity index (χ4v) is 3.16. The second-order valence-corrected chi connectivity index (χ2v) is 6.94. The summed E-state index contributed by atoms with van der Waals surface area (Å²) in [7, 11) is -3.74. The van der Waals surface area contributed by atoms with Gasteiger partial charge in [0.05, 0.1) is 14.9 Å². The second kappa shape index (κ2) is 6.64. The van der Waals surface area contributed by atoms with Gasteiger partial charge in [-0.1, -0.05) is 42.6 Å². The van der Waals surface area contributed by atoms with E-state index in [2.05, 4.69) is 9.71 Å². The maximum atomic E-state index is 12.3. The van der Waals surface area contributed by atoms with Gasteiger partial charge in [0.15, 0.2) is 0 Å². The van der Waals surface area contributed by atoms with Crippen LogP contribution in [0.3, 0.4) is 0 Å². The molecule has 1 aromatic heterocycles. The molecule has 0 aliphatic rings. The predicted molar refractivity (Wildman–Crippen MR) is 85.5 cm³/mol. The third-order valence-electron chi connectivity index (χ3n) is 2.75. The molecular weight excluding hydrogens is 331 g/mol. The van der Waals surface area contributed by atoms with E-state index in [1.54, 1.807) is 12.1 Å². The van der Waals surface area contributed by atoms with Crippen LogP contribution in [0, 0.1) is 0 Å². The molecule has 0 fully saturated rings. The highest BCUT2D eigenvalue weighted by molar-refractivity contribution is 7.92. The molecule has 0 saturated heterocycles. The Kier molecular flexibility index (Phi) is 5.08. The Bertz CT molecular complexity index is 748. The molecule has 0 amide bonds. The number of aryl methyl sites for hydroxylation is 1. The molecular formula is C14H14Cl2N2O2S. The smallest absolute Gasteiger partial charge is 0.263 e. The van der Waals surface area contributed by atoms with Crippen LogP contribution >= 0.6 is 23.2 Å². The zero-order valence-corrected chi connectivity index (χ0v) is 13.6. The summed E-state index contributed by atoms with van der Waals surface area (Å²) in [4.78, 5) is 4.31. The number of pyridine rings is 1. The molecule has 0 aliphatic carbocycles. The molecule has 0 unspecified atom stereocenters. The summed E-state index contributed by atoms with van der Waals surface area (Å²) in [6.45, 7) is 2.04. The first-order valence-corrected chi connectivity index (χ1v) is 8.60. The van der Waals surface area contributed by atoms with Crippen molar-refractivity contribution in [3.05, 3.63) is 52.1 Å². The van der Waals surface area contributed by atoms with E-state index in [1.165, 1.54) is 18.2 Å². The number of nitrogens with zero attached hydrogens (tertiary/aromatic N) is 1. The lowest BCUT2D eigenvalue weighted by Crippen LogP contribution is -2.14. The Hall–Kier alpha value is -1.30. The number of benzene rings is 1. The molecule has 2 aromatic rings. The van der Waals surface area contributed by atoms with Crippen molar-refractivity contribution < 1.29 is 8.42 Å². The number of rotatable bonds is 5. The average molecular weight is 345 g/mol. The van der Waals surface area contributed by atoms with Gasteiger partial charge in [0.2, 0.25) is 0 Å². The summed E-state index contributed by atoms with van der Waals surface area (Å²) in [6, 6.07) is 9.38. The molecule has 4 nitrogen and oxygen atoms in total.